The predicted octanol–water partition coefficient (Wildman–Crippen LogP) is 2.17. The second-order valence-electron chi connectivity index (χ2n) is 4.49. The highest BCUT2D eigenvalue weighted by Crippen LogP contribution is 2.25. The van der Waals surface area contributed by atoms with Crippen molar-refractivity contribution in [3.05, 3.63) is 35.7 Å². The summed E-state index contributed by atoms with van der Waals surface area (Å²) in [7, 11) is 1.81. The van der Waals surface area contributed by atoms with Gasteiger partial charge in [-0.05, 0) is 25.1 Å². The first-order valence-corrected chi connectivity index (χ1v) is 6.82. The van der Waals surface area contributed by atoms with Crippen LogP contribution in [0.3, 0.4) is 0 Å². The van der Waals surface area contributed by atoms with E-state index < -0.39 is 0 Å². The Balaban J connectivity index is 1.90. The van der Waals surface area contributed by atoms with Crippen LogP contribution in [0.15, 0.2) is 24.4 Å². The van der Waals surface area contributed by atoms with Crippen LogP contribution < -0.4 is 11.1 Å². The number of carbonyl (C=O) groups excluding carboxylic acids is 1. The number of hydrogen-bond acceptors (Lipinski definition) is 5. The van der Waals surface area contributed by atoms with Crippen molar-refractivity contribution >= 4 is 38.3 Å². The van der Waals surface area contributed by atoms with Crippen LogP contribution >= 0.6 is 11.3 Å². The number of thiazole rings is 1. The Labute approximate surface area is 119 Å². The van der Waals surface area contributed by atoms with Crippen LogP contribution in [0.4, 0.5) is 10.8 Å². The SMILES string of the molecule is Cc1nn(C)cc1NC(=O)c1ccc2nc(N)sc2c1. The van der Waals surface area contributed by atoms with Crippen molar-refractivity contribution < 1.29 is 4.79 Å². The first-order valence-electron chi connectivity index (χ1n) is 6.00. The topological polar surface area (TPSA) is 85.8 Å². The van der Waals surface area contributed by atoms with Crippen LogP contribution in [0.2, 0.25) is 0 Å². The molecule has 3 N–H and O–H groups in total. The van der Waals surface area contributed by atoms with Gasteiger partial charge in [-0.15, -0.1) is 0 Å². The number of amides is 1. The van der Waals surface area contributed by atoms with Crippen molar-refractivity contribution in [2.24, 2.45) is 7.05 Å². The van der Waals surface area contributed by atoms with Crippen molar-refractivity contribution in [3.8, 4) is 0 Å². The minimum atomic E-state index is -0.171. The molecule has 2 aromatic heterocycles. The maximum atomic E-state index is 12.2. The summed E-state index contributed by atoms with van der Waals surface area (Å²) in [5, 5.41) is 7.54. The number of aryl methyl sites for hydroxylation is 2. The minimum absolute atomic E-state index is 0.171. The van der Waals surface area contributed by atoms with Gasteiger partial charge in [0.05, 0.1) is 21.6 Å². The third-order valence-electron chi connectivity index (χ3n) is 2.93. The van der Waals surface area contributed by atoms with Crippen LogP contribution in [0, 0.1) is 6.92 Å². The number of benzene rings is 1. The average Bonchev–Trinajstić information content (AvgIpc) is 2.90. The average molecular weight is 287 g/mol. The zero-order valence-electron chi connectivity index (χ0n) is 11.0. The van der Waals surface area contributed by atoms with E-state index in [1.807, 2.05) is 14.0 Å². The fourth-order valence-corrected chi connectivity index (χ4v) is 2.77. The van der Waals surface area contributed by atoms with Crippen molar-refractivity contribution in [2.45, 2.75) is 6.92 Å². The van der Waals surface area contributed by atoms with E-state index in [4.69, 9.17) is 5.73 Å². The third-order valence-corrected chi connectivity index (χ3v) is 3.78. The van der Waals surface area contributed by atoms with E-state index in [9.17, 15) is 4.79 Å². The van der Waals surface area contributed by atoms with Gasteiger partial charge in [0.1, 0.15) is 0 Å². The van der Waals surface area contributed by atoms with Gasteiger partial charge in [0, 0.05) is 18.8 Å². The molecular formula is C13H13N5OS. The van der Waals surface area contributed by atoms with E-state index in [1.54, 1.807) is 29.1 Å². The van der Waals surface area contributed by atoms with Gasteiger partial charge in [0.25, 0.3) is 5.91 Å². The molecule has 0 saturated carbocycles. The number of carbonyl (C=O) groups is 1. The van der Waals surface area contributed by atoms with E-state index in [0.29, 0.717) is 16.4 Å². The number of rotatable bonds is 2. The molecule has 0 saturated heterocycles. The molecule has 20 heavy (non-hydrogen) atoms. The number of nitrogens with zero attached hydrogens (tertiary/aromatic N) is 3. The summed E-state index contributed by atoms with van der Waals surface area (Å²) in [6, 6.07) is 5.33. The Kier molecular flexibility index (Phi) is 2.90. The lowest BCUT2D eigenvalue weighted by Crippen LogP contribution is -2.11. The second kappa shape index (κ2) is 4.61. The van der Waals surface area contributed by atoms with Crippen LogP contribution in [-0.4, -0.2) is 20.7 Å². The quantitative estimate of drug-likeness (QED) is 0.756. The molecule has 0 atom stereocenters. The molecule has 0 fully saturated rings. The van der Waals surface area contributed by atoms with Gasteiger partial charge < -0.3 is 11.1 Å². The van der Waals surface area contributed by atoms with Crippen LogP contribution in [0.5, 0.6) is 0 Å². The van der Waals surface area contributed by atoms with E-state index >= 15 is 0 Å². The zero-order chi connectivity index (χ0) is 14.3. The summed E-state index contributed by atoms with van der Waals surface area (Å²) in [6.45, 7) is 1.85. The summed E-state index contributed by atoms with van der Waals surface area (Å²) >= 11 is 1.37. The number of fused-ring (bicyclic) bond motifs is 1. The van der Waals surface area contributed by atoms with Crippen LogP contribution in [-0.2, 0) is 7.05 Å². The molecule has 0 spiro atoms. The molecule has 3 rings (SSSR count). The highest BCUT2D eigenvalue weighted by molar-refractivity contribution is 7.22. The molecule has 3 aromatic rings. The maximum absolute atomic E-state index is 12.2. The summed E-state index contributed by atoms with van der Waals surface area (Å²) in [6.07, 6.45) is 1.77. The monoisotopic (exact) mass is 287 g/mol. The van der Waals surface area contributed by atoms with Crippen molar-refractivity contribution in [1.82, 2.24) is 14.8 Å². The molecule has 0 aliphatic heterocycles. The van der Waals surface area contributed by atoms with Gasteiger partial charge in [-0.2, -0.15) is 5.10 Å². The molecule has 1 aromatic carbocycles. The van der Waals surface area contributed by atoms with Gasteiger partial charge in [-0.1, -0.05) is 11.3 Å². The molecule has 6 nitrogen and oxygen atoms in total. The van der Waals surface area contributed by atoms with Gasteiger partial charge >= 0.3 is 0 Å². The lowest BCUT2D eigenvalue weighted by atomic mass is 10.2. The van der Waals surface area contributed by atoms with Gasteiger partial charge in [0.2, 0.25) is 0 Å². The minimum Gasteiger partial charge on any atom is -0.375 e. The van der Waals surface area contributed by atoms with Gasteiger partial charge in [0.15, 0.2) is 5.13 Å². The fourth-order valence-electron chi connectivity index (χ4n) is 2.00. The Hall–Kier alpha value is -2.41. The smallest absolute Gasteiger partial charge is 0.255 e. The number of nitrogen functional groups attached to an aromatic ring is 1. The van der Waals surface area contributed by atoms with E-state index in [0.717, 1.165) is 15.9 Å². The van der Waals surface area contributed by atoms with Crippen molar-refractivity contribution in [3.63, 3.8) is 0 Å². The van der Waals surface area contributed by atoms with Crippen LogP contribution in [0.25, 0.3) is 10.2 Å². The second-order valence-corrected chi connectivity index (χ2v) is 5.55. The van der Waals surface area contributed by atoms with Crippen molar-refractivity contribution in [1.29, 1.82) is 0 Å². The Morgan fingerprint density at radius 3 is 2.95 bits per heavy atom. The van der Waals surface area contributed by atoms with Gasteiger partial charge in [-0.25, -0.2) is 4.98 Å². The normalized spacial score (nSPS) is 10.9. The van der Waals surface area contributed by atoms with E-state index in [1.165, 1.54) is 11.3 Å². The molecule has 0 bridgehead atoms. The molecule has 1 amide bonds. The summed E-state index contributed by atoms with van der Waals surface area (Å²) < 4.78 is 2.57. The molecular weight excluding hydrogens is 274 g/mol. The first-order chi connectivity index (χ1) is 9.52. The summed E-state index contributed by atoms with van der Waals surface area (Å²) in [4.78, 5) is 16.4. The zero-order valence-corrected chi connectivity index (χ0v) is 11.9. The molecule has 0 aliphatic carbocycles. The molecule has 0 radical (unpaired) electrons. The highest BCUT2D eigenvalue weighted by Gasteiger charge is 2.11. The lowest BCUT2D eigenvalue weighted by Gasteiger charge is -2.03. The van der Waals surface area contributed by atoms with E-state index in [2.05, 4.69) is 15.4 Å². The summed E-state index contributed by atoms with van der Waals surface area (Å²) in [5.41, 5.74) is 8.53. The van der Waals surface area contributed by atoms with Crippen LogP contribution in [0.1, 0.15) is 16.1 Å². The number of hydrogen-bond donors (Lipinski definition) is 2. The van der Waals surface area contributed by atoms with Gasteiger partial charge in [-0.3, -0.25) is 9.48 Å². The summed E-state index contributed by atoms with van der Waals surface area (Å²) in [5.74, 6) is -0.171. The number of aromatic nitrogens is 3. The predicted molar refractivity (Wildman–Crippen MR) is 79.9 cm³/mol. The number of anilines is 2. The molecule has 2 heterocycles. The largest absolute Gasteiger partial charge is 0.375 e. The highest BCUT2D eigenvalue weighted by atomic mass is 32.1. The molecule has 102 valence electrons. The Morgan fingerprint density at radius 1 is 1.45 bits per heavy atom. The Bertz CT molecular complexity index is 804. The Morgan fingerprint density at radius 2 is 2.25 bits per heavy atom. The molecule has 7 heteroatoms. The molecule has 0 unspecified atom stereocenters. The first kappa shape index (κ1) is 12.6. The van der Waals surface area contributed by atoms with E-state index in [-0.39, 0.29) is 5.91 Å². The lowest BCUT2D eigenvalue weighted by molar-refractivity contribution is 0.102. The number of nitrogens with one attached hydrogen (secondary N) is 1. The standard InChI is InChI=1S/C13H13N5OS/c1-7-10(6-18(2)17-7)15-12(19)8-3-4-9-11(5-8)20-13(14)16-9/h3-6H,1-2H3,(H2,14,16)(H,15,19). The van der Waals surface area contributed by atoms with Crippen molar-refractivity contribution in [2.75, 3.05) is 11.1 Å². The fraction of sp³-hybridized carbons (Fsp3) is 0.154. The molecule has 0 aliphatic rings. The third kappa shape index (κ3) is 2.23. The number of nitrogens with two attached hydrogens (primary N) is 1. The maximum Gasteiger partial charge on any atom is 0.255 e.